The molecule has 3 N–H and O–H groups in total. The van der Waals surface area contributed by atoms with E-state index in [1.807, 2.05) is 12.2 Å². The zero-order chi connectivity index (χ0) is 24.6. The predicted octanol–water partition coefficient (Wildman–Crippen LogP) is 1.73. The van der Waals surface area contributed by atoms with Gasteiger partial charge in [-0.05, 0) is 13.0 Å². The molecular formula is C20H23N9O2. The number of amides is 1. The van der Waals surface area contributed by atoms with Gasteiger partial charge in [-0.15, -0.1) is 0 Å². The lowest BCUT2D eigenvalue weighted by Gasteiger charge is -2.12. The molecule has 0 aliphatic heterocycles. The van der Waals surface area contributed by atoms with Gasteiger partial charge in [-0.3, -0.25) is 19.0 Å². The van der Waals surface area contributed by atoms with Crippen LogP contribution < -0.4 is 21.5 Å². The van der Waals surface area contributed by atoms with Gasteiger partial charge < -0.3 is 20.5 Å². The summed E-state index contributed by atoms with van der Waals surface area (Å²) in [4.78, 5) is 29.9. The number of hydrogen-bond acceptors (Lipinski definition) is 7. The van der Waals surface area contributed by atoms with Crippen LogP contribution in [-0.2, 0) is 20.6 Å². The summed E-state index contributed by atoms with van der Waals surface area (Å²) in [5.41, 5.74) is 0.534. The molecule has 1 amide bonds. The number of nitrogens with one attached hydrogen (secondary N) is 3. The Hall–Kier alpha value is -4.15. The van der Waals surface area contributed by atoms with Crippen molar-refractivity contribution in [2.45, 2.75) is 13.5 Å². The Balaban J connectivity index is 1.80. The zero-order valence-electron chi connectivity index (χ0n) is 20.2. The van der Waals surface area contributed by atoms with E-state index in [4.69, 9.17) is 4.11 Å². The first kappa shape index (κ1) is 16.6. The average molecular weight is 424 g/mol. The fourth-order valence-electron chi connectivity index (χ4n) is 3.26. The molecule has 0 spiro atoms. The zero-order valence-corrected chi connectivity index (χ0v) is 17.2. The lowest BCUT2D eigenvalue weighted by Crippen LogP contribution is -2.20. The number of carbonyl (C=O) groups excluding carboxylic acids is 1. The van der Waals surface area contributed by atoms with Crippen LogP contribution in [0.2, 0.25) is 0 Å². The van der Waals surface area contributed by atoms with E-state index in [-0.39, 0.29) is 22.6 Å². The van der Waals surface area contributed by atoms with Gasteiger partial charge in [0.1, 0.15) is 11.2 Å². The van der Waals surface area contributed by atoms with Crippen molar-refractivity contribution in [3.05, 3.63) is 52.7 Å². The topological polar surface area (TPSA) is 124 Å². The van der Waals surface area contributed by atoms with Gasteiger partial charge in [-0.1, -0.05) is 0 Å². The monoisotopic (exact) mass is 424 g/mol. The van der Waals surface area contributed by atoms with Gasteiger partial charge in [-0.25, -0.2) is 4.98 Å². The molecule has 31 heavy (non-hydrogen) atoms. The van der Waals surface area contributed by atoms with E-state index < -0.39 is 12.9 Å². The molecule has 0 fully saturated rings. The van der Waals surface area contributed by atoms with Crippen molar-refractivity contribution in [3.63, 3.8) is 0 Å². The number of fused-ring (bicyclic) bond motifs is 1. The summed E-state index contributed by atoms with van der Waals surface area (Å²) < 4.78 is 26.8. The van der Waals surface area contributed by atoms with Crippen molar-refractivity contribution in [1.82, 2.24) is 34.4 Å². The summed E-state index contributed by atoms with van der Waals surface area (Å²) in [6, 6.07) is 5.04. The molecule has 11 nitrogen and oxygen atoms in total. The lowest BCUT2D eigenvalue weighted by atomic mass is 10.2. The largest absolute Gasteiger partial charge is 0.355 e. The summed E-state index contributed by atoms with van der Waals surface area (Å²) in [5.74, 6) is 0.237. The van der Waals surface area contributed by atoms with Crippen molar-refractivity contribution in [2.24, 2.45) is 14.1 Å². The highest BCUT2D eigenvalue weighted by Gasteiger charge is 2.18. The molecule has 4 heterocycles. The maximum Gasteiger partial charge on any atom is 0.263 e. The first-order valence-electron chi connectivity index (χ1n) is 11.0. The van der Waals surface area contributed by atoms with Crippen LogP contribution in [0.1, 0.15) is 21.4 Å². The smallest absolute Gasteiger partial charge is 0.263 e. The number of rotatable bonds is 6. The maximum absolute atomic E-state index is 13.0. The Labute approximate surface area is 181 Å². The van der Waals surface area contributed by atoms with Crippen LogP contribution in [0.15, 0.2) is 41.6 Å². The third-order valence-electron chi connectivity index (χ3n) is 4.80. The second-order valence-corrected chi connectivity index (χ2v) is 6.83. The van der Waals surface area contributed by atoms with Crippen LogP contribution in [0.3, 0.4) is 0 Å². The molecule has 0 bridgehead atoms. The molecule has 0 radical (unpaired) electrons. The summed E-state index contributed by atoms with van der Waals surface area (Å²) >= 11 is 0. The summed E-state index contributed by atoms with van der Waals surface area (Å²) in [6.07, 6.45) is 4.68. The molecule has 0 atom stereocenters. The number of hydrogen-bond donors (Lipinski definition) is 3. The van der Waals surface area contributed by atoms with Gasteiger partial charge in [0.15, 0.2) is 11.6 Å². The lowest BCUT2D eigenvalue weighted by molar-refractivity contribution is 0.0963. The fourth-order valence-corrected chi connectivity index (χ4v) is 3.26. The third kappa shape index (κ3) is 3.72. The van der Waals surface area contributed by atoms with E-state index in [0.29, 0.717) is 29.1 Å². The number of aryl methyl sites for hydroxylation is 3. The third-order valence-corrected chi connectivity index (χ3v) is 4.80. The maximum atomic E-state index is 13.0. The van der Waals surface area contributed by atoms with Gasteiger partial charge in [-0.2, -0.15) is 10.2 Å². The van der Waals surface area contributed by atoms with E-state index in [1.54, 1.807) is 48.0 Å². The van der Waals surface area contributed by atoms with Crippen molar-refractivity contribution < 1.29 is 8.91 Å². The highest BCUT2D eigenvalue weighted by Crippen LogP contribution is 2.27. The molecule has 0 aliphatic carbocycles. The molecule has 4 aromatic heterocycles. The standard InChI is InChI=1S/C20H23N9O2/c1-5-29-9-6-14-17(20(29)31)18(26-28(14)4)23-13-10-16(22-11-12(13)19(30)21-2)24-15-7-8-27(3)25-15/h6-11H,5H2,1-4H3,(H,21,30)(H2,22,23,24,25,26)/i2D3. The fraction of sp³-hybridized carbons (Fsp3) is 0.250. The highest BCUT2D eigenvalue weighted by molar-refractivity contribution is 6.01. The number of aromatic nitrogens is 6. The molecule has 0 saturated heterocycles. The van der Waals surface area contributed by atoms with Crippen molar-refractivity contribution in [2.75, 3.05) is 17.6 Å². The normalized spacial score (nSPS) is 12.8. The molecule has 0 aliphatic rings. The Bertz CT molecular complexity index is 1440. The molecule has 4 aromatic rings. The van der Waals surface area contributed by atoms with Crippen LogP contribution >= 0.6 is 0 Å². The van der Waals surface area contributed by atoms with Gasteiger partial charge in [0.25, 0.3) is 11.5 Å². The minimum atomic E-state index is -2.69. The van der Waals surface area contributed by atoms with E-state index in [0.717, 1.165) is 0 Å². The summed E-state index contributed by atoms with van der Waals surface area (Å²) in [5, 5.41) is 17.0. The number of nitrogens with zero attached hydrogens (tertiary/aromatic N) is 6. The second kappa shape index (κ2) is 7.94. The van der Waals surface area contributed by atoms with Crippen LogP contribution in [0.5, 0.6) is 0 Å². The number of pyridine rings is 2. The Morgan fingerprint density at radius 3 is 2.71 bits per heavy atom. The van der Waals surface area contributed by atoms with Gasteiger partial charge in [0.05, 0.1) is 16.8 Å². The molecule has 11 heteroatoms. The minimum Gasteiger partial charge on any atom is -0.355 e. The van der Waals surface area contributed by atoms with Crippen molar-refractivity contribution >= 4 is 40.0 Å². The predicted molar refractivity (Wildman–Crippen MR) is 118 cm³/mol. The second-order valence-electron chi connectivity index (χ2n) is 6.83. The van der Waals surface area contributed by atoms with E-state index in [9.17, 15) is 9.59 Å². The molecule has 0 aromatic carbocycles. The summed E-state index contributed by atoms with van der Waals surface area (Å²) in [6.45, 7) is -0.360. The summed E-state index contributed by atoms with van der Waals surface area (Å²) in [7, 11) is 3.47. The first-order valence-corrected chi connectivity index (χ1v) is 9.48. The van der Waals surface area contributed by atoms with Gasteiger partial charge in [0.2, 0.25) is 0 Å². The SMILES string of the molecule is [2H]C([2H])([2H])NC(=O)c1cnc(Nc2ccn(C)n2)cc1Nc1nn(C)c2ccn(CC)c(=O)c12. The molecule has 0 unspecified atom stereocenters. The number of anilines is 4. The first-order chi connectivity index (χ1) is 16.1. The quantitative estimate of drug-likeness (QED) is 0.431. The Morgan fingerprint density at radius 1 is 1.16 bits per heavy atom. The van der Waals surface area contributed by atoms with Gasteiger partial charge in [0, 0.05) is 62.5 Å². The average Bonchev–Trinajstić information content (AvgIpc) is 3.30. The van der Waals surface area contributed by atoms with Crippen molar-refractivity contribution in [3.8, 4) is 0 Å². The molecule has 160 valence electrons. The van der Waals surface area contributed by atoms with E-state index in [1.165, 1.54) is 16.8 Å². The Kier molecular flexibility index (Phi) is 4.26. The molecular weight excluding hydrogens is 398 g/mol. The van der Waals surface area contributed by atoms with E-state index >= 15 is 0 Å². The Morgan fingerprint density at radius 2 is 2.00 bits per heavy atom. The van der Waals surface area contributed by atoms with E-state index in [2.05, 4.69) is 25.8 Å². The van der Waals surface area contributed by atoms with Gasteiger partial charge >= 0.3 is 0 Å². The number of carbonyl (C=O) groups is 1. The van der Waals surface area contributed by atoms with Crippen LogP contribution in [0.4, 0.5) is 23.1 Å². The molecule has 4 rings (SSSR count). The van der Waals surface area contributed by atoms with Crippen LogP contribution in [-0.4, -0.2) is 42.0 Å². The minimum absolute atomic E-state index is 0.0340. The highest BCUT2D eigenvalue weighted by atomic mass is 16.1. The van der Waals surface area contributed by atoms with Crippen molar-refractivity contribution in [1.29, 1.82) is 0 Å². The molecule has 0 saturated carbocycles. The van der Waals surface area contributed by atoms with Crippen LogP contribution in [0, 0.1) is 0 Å². The van der Waals surface area contributed by atoms with Crippen LogP contribution in [0.25, 0.3) is 10.9 Å².